The number of nitrogens with two attached hydrogens (primary N) is 1. The van der Waals surface area contributed by atoms with Gasteiger partial charge in [-0.15, -0.1) is 0 Å². The van der Waals surface area contributed by atoms with E-state index in [0.29, 0.717) is 24.4 Å². The summed E-state index contributed by atoms with van der Waals surface area (Å²) in [5.41, 5.74) is 10.9. The third-order valence-corrected chi connectivity index (χ3v) is 6.62. The molecule has 0 unspecified atom stereocenters. The summed E-state index contributed by atoms with van der Waals surface area (Å²) in [6.45, 7) is 3.83. The zero-order valence-corrected chi connectivity index (χ0v) is 17.8. The Morgan fingerprint density at radius 2 is 2.30 bits per heavy atom. The van der Waals surface area contributed by atoms with Crippen LogP contribution in [0.4, 0.5) is 0 Å². The molecule has 30 heavy (non-hydrogen) atoms. The van der Waals surface area contributed by atoms with Crippen molar-refractivity contribution in [1.29, 1.82) is 5.41 Å². The summed E-state index contributed by atoms with van der Waals surface area (Å²) >= 11 is 1.60. The van der Waals surface area contributed by atoms with Crippen LogP contribution in [0.15, 0.2) is 51.2 Å². The van der Waals surface area contributed by atoms with Crippen molar-refractivity contribution in [3.63, 3.8) is 0 Å². The largest absolute Gasteiger partial charge is 0.402 e. The standard InChI is InChI=1S/C21H24N6O2S/c1-13-20(30-27-7-6-17(23)15(9-22)12-27)8-18(26(13)2)21(28)24-10-14-4-3-5-19-16(14)11-25-29-19/h3-5,8-9,11,22H,6-7,10,12,23H2,1-2H3,(H,24,28). The van der Waals surface area contributed by atoms with Crippen LogP contribution < -0.4 is 11.1 Å². The van der Waals surface area contributed by atoms with E-state index in [1.165, 1.54) is 6.21 Å². The summed E-state index contributed by atoms with van der Waals surface area (Å²) in [7, 11) is 1.89. The van der Waals surface area contributed by atoms with E-state index >= 15 is 0 Å². The minimum Gasteiger partial charge on any atom is -0.402 e. The van der Waals surface area contributed by atoms with Gasteiger partial charge in [-0.05, 0) is 36.6 Å². The van der Waals surface area contributed by atoms with Crippen LogP contribution in [0.3, 0.4) is 0 Å². The lowest BCUT2D eigenvalue weighted by Gasteiger charge is -2.26. The van der Waals surface area contributed by atoms with E-state index in [-0.39, 0.29) is 5.91 Å². The monoisotopic (exact) mass is 424 g/mol. The molecule has 0 aliphatic carbocycles. The van der Waals surface area contributed by atoms with E-state index in [0.717, 1.165) is 45.8 Å². The number of nitrogens with zero attached hydrogens (tertiary/aromatic N) is 3. The van der Waals surface area contributed by atoms with Gasteiger partial charge in [-0.25, -0.2) is 4.31 Å². The number of fused-ring (bicyclic) bond motifs is 1. The van der Waals surface area contributed by atoms with Gasteiger partial charge in [0.1, 0.15) is 5.69 Å². The van der Waals surface area contributed by atoms with Gasteiger partial charge >= 0.3 is 0 Å². The predicted octanol–water partition coefficient (Wildman–Crippen LogP) is 2.98. The van der Waals surface area contributed by atoms with Crippen molar-refractivity contribution < 1.29 is 9.32 Å². The number of hydrogen-bond acceptors (Lipinski definition) is 7. The number of carbonyl (C=O) groups excluding carboxylic acids is 1. The molecule has 1 amide bonds. The minimum absolute atomic E-state index is 0.135. The van der Waals surface area contributed by atoms with Crippen molar-refractivity contribution in [1.82, 2.24) is 19.3 Å². The highest BCUT2D eigenvalue weighted by Crippen LogP contribution is 2.31. The maximum atomic E-state index is 12.9. The molecule has 1 aromatic carbocycles. The number of amides is 1. The molecule has 0 atom stereocenters. The fraction of sp³-hybridized carbons (Fsp3) is 0.286. The lowest BCUT2D eigenvalue weighted by molar-refractivity contribution is 0.0942. The van der Waals surface area contributed by atoms with Gasteiger partial charge in [0.25, 0.3) is 5.91 Å². The first kappa shape index (κ1) is 20.2. The van der Waals surface area contributed by atoms with Crippen molar-refractivity contribution in [3.8, 4) is 0 Å². The Morgan fingerprint density at radius 3 is 3.10 bits per heavy atom. The Morgan fingerprint density at radius 1 is 1.47 bits per heavy atom. The molecule has 0 bridgehead atoms. The average molecular weight is 425 g/mol. The first-order valence-corrected chi connectivity index (χ1v) is 10.4. The van der Waals surface area contributed by atoms with Gasteiger partial charge in [0.15, 0.2) is 5.58 Å². The Kier molecular flexibility index (Phi) is 5.65. The molecule has 0 saturated carbocycles. The van der Waals surface area contributed by atoms with Crippen molar-refractivity contribution in [2.75, 3.05) is 13.1 Å². The zero-order chi connectivity index (χ0) is 21.3. The van der Waals surface area contributed by atoms with Gasteiger partial charge in [0, 0.05) is 66.6 Å². The van der Waals surface area contributed by atoms with Crippen LogP contribution in [0.1, 0.15) is 28.2 Å². The molecular formula is C21H24N6O2S. The van der Waals surface area contributed by atoms with Crippen LogP contribution in [0.25, 0.3) is 11.0 Å². The number of rotatable bonds is 6. The van der Waals surface area contributed by atoms with Crippen LogP contribution in [0.2, 0.25) is 0 Å². The third kappa shape index (κ3) is 3.86. The normalized spacial score (nSPS) is 15.0. The van der Waals surface area contributed by atoms with Crippen molar-refractivity contribution in [3.05, 3.63) is 58.7 Å². The molecule has 0 spiro atoms. The Hall–Kier alpha value is -3.04. The third-order valence-electron chi connectivity index (χ3n) is 5.44. The molecule has 2 aromatic heterocycles. The maximum Gasteiger partial charge on any atom is 0.268 e. The van der Waals surface area contributed by atoms with Gasteiger partial charge in [0.2, 0.25) is 0 Å². The molecule has 0 radical (unpaired) electrons. The van der Waals surface area contributed by atoms with E-state index in [1.54, 1.807) is 18.1 Å². The van der Waals surface area contributed by atoms with E-state index in [4.69, 9.17) is 15.7 Å². The molecule has 3 heterocycles. The van der Waals surface area contributed by atoms with Crippen LogP contribution in [0.5, 0.6) is 0 Å². The quantitative estimate of drug-likeness (QED) is 0.414. The first-order valence-electron chi connectivity index (χ1n) is 9.65. The highest BCUT2D eigenvalue weighted by molar-refractivity contribution is 7.97. The summed E-state index contributed by atoms with van der Waals surface area (Å²) in [4.78, 5) is 13.9. The number of nitrogens with one attached hydrogen (secondary N) is 2. The van der Waals surface area contributed by atoms with Crippen molar-refractivity contribution in [2.24, 2.45) is 12.8 Å². The summed E-state index contributed by atoms with van der Waals surface area (Å²) in [6.07, 6.45) is 3.74. The van der Waals surface area contributed by atoms with E-state index in [9.17, 15) is 4.79 Å². The molecule has 4 N–H and O–H groups in total. The second-order valence-electron chi connectivity index (χ2n) is 7.28. The zero-order valence-electron chi connectivity index (χ0n) is 16.9. The summed E-state index contributed by atoms with van der Waals surface area (Å²) in [6, 6.07) is 7.61. The lowest BCUT2D eigenvalue weighted by Crippen LogP contribution is -2.29. The number of aromatic nitrogens is 2. The fourth-order valence-electron chi connectivity index (χ4n) is 3.48. The maximum absolute atomic E-state index is 12.9. The molecular weight excluding hydrogens is 400 g/mol. The second-order valence-corrected chi connectivity index (χ2v) is 8.41. The highest BCUT2D eigenvalue weighted by Gasteiger charge is 2.21. The van der Waals surface area contributed by atoms with Gasteiger partial charge in [-0.2, -0.15) is 0 Å². The topological polar surface area (TPSA) is 113 Å². The molecule has 8 nitrogen and oxygen atoms in total. The molecule has 0 saturated heterocycles. The van der Waals surface area contributed by atoms with E-state index in [2.05, 4.69) is 14.8 Å². The lowest BCUT2D eigenvalue weighted by atomic mass is 10.1. The first-order chi connectivity index (χ1) is 14.5. The number of benzene rings is 1. The molecule has 9 heteroatoms. The fourth-order valence-corrected chi connectivity index (χ4v) is 4.58. The molecule has 156 valence electrons. The van der Waals surface area contributed by atoms with Crippen molar-refractivity contribution in [2.45, 2.75) is 24.8 Å². The number of hydrogen-bond donors (Lipinski definition) is 3. The summed E-state index contributed by atoms with van der Waals surface area (Å²) in [5.74, 6) is -0.135. The molecule has 4 rings (SSSR count). The molecule has 1 aliphatic rings. The molecule has 1 aliphatic heterocycles. The van der Waals surface area contributed by atoms with Crippen molar-refractivity contribution >= 4 is 35.0 Å². The van der Waals surface area contributed by atoms with Gasteiger partial charge in [-0.1, -0.05) is 17.3 Å². The van der Waals surface area contributed by atoms with Gasteiger partial charge in [-0.3, -0.25) is 4.79 Å². The van der Waals surface area contributed by atoms with Crippen LogP contribution in [-0.2, 0) is 13.6 Å². The van der Waals surface area contributed by atoms with E-state index < -0.39 is 0 Å². The van der Waals surface area contributed by atoms with E-state index in [1.807, 2.05) is 42.8 Å². The Labute approximate surface area is 178 Å². The average Bonchev–Trinajstić information content (AvgIpc) is 3.34. The smallest absolute Gasteiger partial charge is 0.268 e. The minimum atomic E-state index is -0.135. The van der Waals surface area contributed by atoms with Crippen LogP contribution >= 0.6 is 11.9 Å². The highest BCUT2D eigenvalue weighted by atomic mass is 32.2. The SMILES string of the molecule is Cc1c(SN2CCC(N)=C(C=N)C2)cc(C(=O)NCc2cccc3oncc23)n1C. The Balaban J connectivity index is 1.46. The summed E-state index contributed by atoms with van der Waals surface area (Å²) < 4.78 is 9.26. The Bertz CT molecular complexity index is 1150. The molecule has 0 fully saturated rings. The van der Waals surface area contributed by atoms with Gasteiger partial charge < -0.3 is 25.5 Å². The second kappa shape index (κ2) is 8.37. The van der Waals surface area contributed by atoms with Gasteiger partial charge in [0.05, 0.1) is 6.20 Å². The predicted molar refractivity (Wildman–Crippen MR) is 117 cm³/mol. The van der Waals surface area contributed by atoms with Crippen LogP contribution in [-0.4, -0.2) is 39.2 Å². The number of carbonyl (C=O) groups is 1. The summed E-state index contributed by atoms with van der Waals surface area (Å²) in [5, 5.41) is 15.2. The molecule has 3 aromatic rings. The van der Waals surface area contributed by atoms with Crippen LogP contribution in [0, 0.1) is 12.3 Å².